The molecule has 0 atom stereocenters. The molecule has 11 heteroatoms. The van der Waals surface area contributed by atoms with Crippen LogP contribution >= 0.6 is 0 Å². The lowest BCUT2D eigenvalue weighted by atomic mass is 10.2. The van der Waals surface area contributed by atoms with E-state index in [9.17, 15) is 28.4 Å². The topological polar surface area (TPSA) is 145 Å². The van der Waals surface area contributed by atoms with Crippen LogP contribution in [-0.2, 0) is 25.7 Å². The molecule has 1 heterocycles. The number of hydrogen-bond donors (Lipinski definition) is 2. The Morgan fingerprint density at radius 3 is 2.34 bits per heavy atom. The number of nitrogens with zero attached hydrogens (tertiary/aromatic N) is 2. The maximum absolute atomic E-state index is 13.2. The molecule has 32 heavy (non-hydrogen) atoms. The van der Waals surface area contributed by atoms with Gasteiger partial charge in [-0.1, -0.05) is 12.1 Å². The number of amides is 2. The van der Waals surface area contributed by atoms with Crippen molar-refractivity contribution in [2.24, 2.45) is 5.73 Å². The number of nitrogens with two attached hydrogens (primary N) is 1. The molecule has 2 aromatic carbocycles. The zero-order valence-electron chi connectivity index (χ0n) is 16.7. The SMILES string of the molecule is NC(=O)CCN(C(=O)COC(=O)Cn1[nH]c(=O)c2ccccc2c1=O)c1ccc(F)cc1. The standard InChI is InChI=1S/C21H19FN4O6/c22-13-5-7-14(8-6-13)25(10-9-17(23)27)18(28)12-32-19(29)11-26-21(31)16-4-2-1-3-15(16)20(30)24-26/h1-8H,9-12H2,(H2,23,27)(H,24,30). The number of hydrogen-bond acceptors (Lipinski definition) is 6. The summed E-state index contributed by atoms with van der Waals surface area (Å²) in [5, 5.41) is 2.60. The van der Waals surface area contributed by atoms with Gasteiger partial charge in [0.05, 0.1) is 10.8 Å². The van der Waals surface area contributed by atoms with E-state index in [0.29, 0.717) is 0 Å². The molecule has 0 unspecified atom stereocenters. The van der Waals surface area contributed by atoms with Crippen molar-refractivity contribution in [2.75, 3.05) is 18.1 Å². The second-order valence-electron chi connectivity index (χ2n) is 6.78. The van der Waals surface area contributed by atoms with E-state index >= 15 is 0 Å². The number of aromatic amines is 1. The summed E-state index contributed by atoms with van der Waals surface area (Å²) in [6.45, 7) is -1.43. The maximum Gasteiger partial charge on any atom is 0.328 e. The smallest absolute Gasteiger partial charge is 0.328 e. The molecule has 0 fully saturated rings. The number of nitrogens with one attached hydrogen (secondary N) is 1. The van der Waals surface area contributed by atoms with Crippen molar-refractivity contribution >= 4 is 34.2 Å². The van der Waals surface area contributed by atoms with E-state index in [-0.39, 0.29) is 29.4 Å². The number of esters is 1. The molecule has 0 saturated heterocycles. The number of ether oxygens (including phenoxy) is 1. The Labute approximate surface area is 180 Å². The number of halogens is 1. The fourth-order valence-corrected chi connectivity index (χ4v) is 2.99. The van der Waals surface area contributed by atoms with E-state index in [2.05, 4.69) is 5.10 Å². The molecule has 3 rings (SSSR count). The molecule has 2 amide bonds. The summed E-state index contributed by atoms with van der Waals surface area (Å²) in [7, 11) is 0. The van der Waals surface area contributed by atoms with Crippen LogP contribution in [0.4, 0.5) is 10.1 Å². The average molecular weight is 442 g/mol. The number of fused-ring (bicyclic) bond motifs is 1. The number of benzene rings is 2. The largest absolute Gasteiger partial charge is 0.454 e. The molecule has 0 aliphatic rings. The molecule has 3 aromatic rings. The van der Waals surface area contributed by atoms with E-state index in [4.69, 9.17) is 10.5 Å². The summed E-state index contributed by atoms with van der Waals surface area (Å²) in [6, 6.07) is 11.0. The highest BCUT2D eigenvalue weighted by molar-refractivity contribution is 5.95. The van der Waals surface area contributed by atoms with Gasteiger partial charge in [-0.05, 0) is 36.4 Å². The number of aromatic nitrogens is 2. The Morgan fingerprint density at radius 2 is 1.69 bits per heavy atom. The average Bonchev–Trinajstić information content (AvgIpc) is 2.77. The molecule has 0 radical (unpaired) electrons. The first kappa shape index (κ1) is 22.4. The molecular weight excluding hydrogens is 423 g/mol. The lowest BCUT2D eigenvalue weighted by Gasteiger charge is -2.22. The first-order valence-electron chi connectivity index (χ1n) is 9.48. The minimum absolute atomic E-state index is 0.102. The molecule has 0 aliphatic carbocycles. The predicted octanol–water partition coefficient (Wildman–Crippen LogP) is 0.281. The third-order valence-electron chi connectivity index (χ3n) is 4.55. The summed E-state index contributed by atoms with van der Waals surface area (Å²) in [5.41, 5.74) is 4.26. The van der Waals surface area contributed by atoms with Crippen LogP contribution in [0.3, 0.4) is 0 Å². The molecule has 0 aliphatic heterocycles. The lowest BCUT2D eigenvalue weighted by Crippen LogP contribution is -2.38. The van der Waals surface area contributed by atoms with Gasteiger partial charge in [-0.3, -0.25) is 29.1 Å². The van der Waals surface area contributed by atoms with Gasteiger partial charge >= 0.3 is 5.97 Å². The van der Waals surface area contributed by atoms with Crippen molar-refractivity contribution in [3.8, 4) is 0 Å². The molecule has 3 N–H and O–H groups in total. The number of rotatable bonds is 8. The third-order valence-corrected chi connectivity index (χ3v) is 4.55. The minimum Gasteiger partial charge on any atom is -0.454 e. The van der Waals surface area contributed by atoms with Gasteiger partial charge in [0.25, 0.3) is 17.0 Å². The zero-order valence-corrected chi connectivity index (χ0v) is 16.7. The van der Waals surface area contributed by atoms with Crippen LogP contribution in [0.1, 0.15) is 6.42 Å². The van der Waals surface area contributed by atoms with E-state index in [1.54, 1.807) is 12.1 Å². The second-order valence-corrected chi connectivity index (χ2v) is 6.78. The third kappa shape index (κ3) is 5.25. The summed E-state index contributed by atoms with van der Waals surface area (Å²) in [4.78, 5) is 61.6. The van der Waals surface area contributed by atoms with Gasteiger partial charge in [0.1, 0.15) is 12.4 Å². The van der Waals surface area contributed by atoms with Gasteiger partial charge in [-0.2, -0.15) is 0 Å². The Hall–Kier alpha value is -4.28. The predicted molar refractivity (Wildman–Crippen MR) is 112 cm³/mol. The zero-order chi connectivity index (χ0) is 23.3. The van der Waals surface area contributed by atoms with Crippen molar-refractivity contribution < 1.29 is 23.5 Å². The van der Waals surface area contributed by atoms with Gasteiger partial charge in [0.15, 0.2) is 6.61 Å². The van der Waals surface area contributed by atoms with E-state index < -0.39 is 47.9 Å². The van der Waals surface area contributed by atoms with Crippen LogP contribution < -0.4 is 21.8 Å². The van der Waals surface area contributed by atoms with E-state index in [1.807, 2.05) is 0 Å². The molecular formula is C21H19FN4O6. The summed E-state index contributed by atoms with van der Waals surface area (Å²) < 4.78 is 18.9. The molecule has 0 spiro atoms. The van der Waals surface area contributed by atoms with Crippen LogP contribution in [-0.4, -0.2) is 40.7 Å². The minimum atomic E-state index is -0.944. The van der Waals surface area contributed by atoms with Crippen molar-refractivity contribution in [1.29, 1.82) is 0 Å². The van der Waals surface area contributed by atoms with Crippen LogP contribution in [0.15, 0.2) is 58.1 Å². The highest BCUT2D eigenvalue weighted by Crippen LogP contribution is 2.16. The van der Waals surface area contributed by atoms with Crippen molar-refractivity contribution in [2.45, 2.75) is 13.0 Å². The van der Waals surface area contributed by atoms with Crippen LogP contribution in [0.5, 0.6) is 0 Å². The van der Waals surface area contributed by atoms with E-state index in [1.165, 1.54) is 24.3 Å². The highest BCUT2D eigenvalue weighted by Gasteiger charge is 2.19. The quantitative estimate of drug-likeness (QED) is 0.480. The number of primary amides is 1. The number of H-pyrrole nitrogens is 1. The van der Waals surface area contributed by atoms with Gasteiger partial charge in [-0.15, -0.1) is 0 Å². The highest BCUT2D eigenvalue weighted by atomic mass is 19.1. The van der Waals surface area contributed by atoms with Crippen molar-refractivity contribution in [3.63, 3.8) is 0 Å². The molecule has 166 valence electrons. The van der Waals surface area contributed by atoms with Crippen molar-refractivity contribution in [3.05, 3.63) is 75.1 Å². The fraction of sp³-hybridized carbons (Fsp3) is 0.190. The fourth-order valence-electron chi connectivity index (χ4n) is 2.99. The number of carbonyl (C=O) groups is 3. The van der Waals surface area contributed by atoms with Gasteiger partial charge in [0.2, 0.25) is 5.91 Å². The molecule has 1 aromatic heterocycles. The van der Waals surface area contributed by atoms with Crippen molar-refractivity contribution in [1.82, 2.24) is 9.78 Å². The molecule has 0 saturated carbocycles. The molecule has 10 nitrogen and oxygen atoms in total. The Kier molecular flexibility index (Phi) is 6.78. The van der Waals surface area contributed by atoms with Crippen LogP contribution in [0.2, 0.25) is 0 Å². The summed E-state index contributed by atoms with van der Waals surface area (Å²) in [5.74, 6) is -2.80. The Morgan fingerprint density at radius 1 is 1.03 bits per heavy atom. The summed E-state index contributed by atoms with van der Waals surface area (Å²) >= 11 is 0. The molecule has 0 bridgehead atoms. The van der Waals surface area contributed by atoms with Crippen LogP contribution in [0, 0.1) is 5.82 Å². The Balaban J connectivity index is 1.70. The number of anilines is 1. The van der Waals surface area contributed by atoms with Gasteiger partial charge in [0, 0.05) is 18.7 Å². The lowest BCUT2D eigenvalue weighted by molar-refractivity contribution is -0.148. The summed E-state index contributed by atoms with van der Waals surface area (Å²) in [6.07, 6.45) is -0.162. The Bertz CT molecular complexity index is 1280. The van der Waals surface area contributed by atoms with Gasteiger partial charge in [-0.25, -0.2) is 9.07 Å². The van der Waals surface area contributed by atoms with E-state index in [0.717, 1.165) is 21.7 Å². The van der Waals surface area contributed by atoms with Crippen LogP contribution in [0.25, 0.3) is 10.8 Å². The van der Waals surface area contributed by atoms with Gasteiger partial charge < -0.3 is 15.4 Å². The first-order valence-corrected chi connectivity index (χ1v) is 9.48. The monoisotopic (exact) mass is 442 g/mol. The second kappa shape index (κ2) is 9.69. The first-order chi connectivity index (χ1) is 15.3. The number of carbonyl (C=O) groups excluding carboxylic acids is 3. The normalized spacial score (nSPS) is 10.7. The maximum atomic E-state index is 13.2.